The molecule has 0 amide bonds. The number of carbonyl (C=O) groups excluding carboxylic acids is 1. The second-order valence-electron chi connectivity index (χ2n) is 2.91. The second-order valence-corrected chi connectivity index (χ2v) is 2.91. The SMILES string of the molecule is COC(=O)[C@H](N)c1ccc(C)cc1.Cl. The van der Waals surface area contributed by atoms with Gasteiger partial charge in [-0.15, -0.1) is 12.4 Å². The van der Waals surface area contributed by atoms with Gasteiger partial charge in [0.1, 0.15) is 6.04 Å². The average Bonchev–Trinajstić information content (AvgIpc) is 2.17. The molecule has 0 fully saturated rings. The Hall–Kier alpha value is -1.06. The van der Waals surface area contributed by atoms with Crippen molar-refractivity contribution in [3.8, 4) is 0 Å². The van der Waals surface area contributed by atoms with Crippen LogP contribution in [0.1, 0.15) is 17.2 Å². The first kappa shape index (κ1) is 12.9. The highest BCUT2D eigenvalue weighted by Crippen LogP contribution is 2.12. The van der Waals surface area contributed by atoms with E-state index in [0.29, 0.717) is 0 Å². The van der Waals surface area contributed by atoms with Gasteiger partial charge in [0, 0.05) is 0 Å². The summed E-state index contributed by atoms with van der Waals surface area (Å²) in [6.07, 6.45) is 0. The predicted octanol–water partition coefficient (Wildman–Crippen LogP) is 1.59. The van der Waals surface area contributed by atoms with E-state index >= 15 is 0 Å². The van der Waals surface area contributed by atoms with Crippen molar-refractivity contribution in [2.45, 2.75) is 13.0 Å². The molecule has 0 bridgehead atoms. The molecule has 2 N–H and O–H groups in total. The van der Waals surface area contributed by atoms with Gasteiger partial charge in [-0.3, -0.25) is 4.79 Å². The van der Waals surface area contributed by atoms with Gasteiger partial charge < -0.3 is 10.5 Å². The molecule has 0 unspecified atom stereocenters. The number of hydrogen-bond donors (Lipinski definition) is 1. The molecule has 14 heavy (non-hydrogen) atoms. The van der Waals surface area contributed by atoms with Gasteiger partial charge in [0.25, 0.3) is 0 Å². The van der Waals surface area contributed by atoms with Crippen LogP contribution in [0.5, 0.6) is 0 Å². The maximum atomic E-state index is 11.0. The third-order valence-electron chi connectivity index (χ3n) is 1.89. The van der Waals surface area contributed by atoms with Crippen molar-refractivity contribution in [3.05, 3.63) is 35.4 Å². The number of nitrogens with two attached hydrogens (primary N) is 1. The molecule has 0 radical (unpaired) electrons. The minimum absolute atomic E-state index is 0. The van der Waals surface area contributed by atoms with Gasteiger partial charge in [-0.1, -0.05) is 29.8 Å². The Labute approximate surface area is 89.7 Å². The van der Waals surface area contributed by atoms with Gasteiger partial charge in [0.15, 0.2) is 0 Å². The minimum Gasteiger partial charge on any atom is -0.468 e. The molecule has 1 aromatic carbocycles. The lowest BCUT2D eigenvalue weighted by molar-refractivity contribution is -0.142. The van der Waals surface area contributed by atoms with Crippen LogP contribution in [0.3, 0.4) is 0 Å². The number of methoxy groups -OCH3 is 1. The molecule has 0 saturated carbocycles. The van der Waals surface area contributed by atoms with Crippen LogP contribution in [0.4, 0.5) is 0 Å². The Kier molecular flexibility index (Phi) is 5.20. The monoisotopic (exact) mass is 215 g/mol. The number of esters is 1. The Balaban J connectivity index is 0.00000169. The van der Waals surface area contributed by atoms with Crippen molar-refractivity contribution < 1.29 is 9.53 Å². The molecule has 1 atom stereocenters. The van der Waals surface area contributed by atoms with Crippen LogP contribution in [-0.4, -0.2) is 13.1 Å². The second kappa shape index (κ2) is 5.62. The Morgan fingerprint density at radius 2 is 1.86 bits per heavy atom. The lowest BCUT2D eigenvalue weighted by Crippen LogP contribution is -2.22. The summed E-state index contributed by atoms with van der Waals surface area (Å²) < 4.78 is 4.53. The van der Waals surface area contributed by atoms with E-state index in [1.165, 1.54) is 7.11 Å². The number of ether oxygens (including phenoxy) is 1. The highest BCUT2D eigenvalue weighted by atomic mass is 35.5. The Morgan fingerprint density at radius 3 is 2.29 bits per heavy atom. The van der Waals surface area contributed by atoms with E-state index < -0.39 is 12.0 Å². The van der Waals surface area contributed by atoms with E-state index in [0.717, 1.165) is 11.1 Å². The van der Waals surface area contributed by atoms with E-state index in [-0.39, 0.29) is 12.4 Å². The molecule has 0 saturated heterocycles. The summed E-state index contributed by atoms with van der Waals surface area (Å²) in [6, 6.07) is 6.81. The fourth-order valence-corrected chi connectivity index (χ4v) is 1.04. The summed E-state index contributed by atoms with van der Waals surface area (Å²) in [5.74, 6) is -0.413. The standard InChI is InChI=1S/C10H13NO2.ClH/c1-7-3-5-8(6-4-7)9(11)10(12)13-2;/h3-6,9H,11H2,1-2H3;1H/t9-;/m1./s1. The average molecular weight is 216 g/mol. The molecular formula is C10H14ClNO2. The first-order valence-corrected chi connectivity index (χ1v) is 4.05. The van der Waals surface area contributed by atoms with Crippen molar-refractivity contribution in [3.63, 3.8) is 0 Å². The summed E-state index contributed by atoms with van der Waals surface area (Å²) >= 11 is 0. The van der Waals surface area contributed by atoms with Crippen LogP contribution in [0, 0.1) is 6.92 Å². The molecule has 0 aliphatic carbocycles. The van der Waals surface area contributed by atoms with Crippen LogP contribution in [0.15, 0.2) is 24.3 Å². The number of benzene rings is 1. The molecule has 0 aromatic heterocycles. The van der Waals surface area contributed by atoms with Crippen LogP contribution in [-0.2, 0) is 9.53 Å². The van der Waals surface area contributed by atoms with E-state index in [2.05, 4.69) is 4.74 Å². The lowest BCUT2D eigenvalue weighted by Gasteiger charge is -2.09. The summed E-state index contributed by atoms with van der Waals surface area (Å²) in [5, 5.41) is 0. The third-order valence-corrected chi connectivity index (χ3v) is 1.89. The zero-order valence-electron chi connectivity index (χ0n) is 8.19. The predicted molar refractivity (Wildman–Crippen MR) is 57.4 cm³/mol. The number of carbonyl (C=O) groups is 1. The van der Waals surface area contributed by atoms with Crippen LogP contribution < -0.4 is 5.73 Å². The van der Waals surface area contributed by atoms with Crippen molar-refractivity contribution in [2.24, 2.45) is 5.73 Å². The minimum atomic E-state index is -0.675. The van der Waals surface area contributed by atoms with Crippen molar-refractivity contribution >= 4 is 18.4 Å². The molecule has 0 aliphatic rings. The lowest BCUT2D eigenvalue weighted by atomic mass is 10.1. The zero-order chi connectivity index (χ0) is 9.84. The van der Waals surface area contributed by atoms with Crippen LogP contribution in [0.25, 0.3) is 0 Å². The first-order valence-electron chi connectivity index (χ1n) is 4.05. The number of hydrogen-bond acceptors (Lipinski definition) is 3. The Bertz CT molecular complexity index is 297. The highest BCUT2D eigenvalue weighted by Gasteiger charge is 2.15. The van der Waals surface area contributed by atoms with Crippen molar-refractivity contribution in [2.75, 3.05) is 7.11 Å². The van der Waals surface area contributed by atoms with Gasteiger partial charge in [-0.05, 0) is 12.5 Å². The summed E-state index contributed by atoms with van der Waals surface area (Å²) in [6.45, 7) is 1.98. The van der Waals surface area contributed by atoms with Gasteiger partial charge >= 0.3 is 5.97 Å². The molecule has 1 rings (SSSR count). The molecule has 0 spiro atoms. The Morgan fingerprint density at radius 1 is 1.36 bits per heavy atom. The molecule has 3 nitrogen and oxygen atoms in total. The quantitative estimate of drug-likeness (QED) is 0.763. The van der Waals surface area contributed by atoms with Crippen LogP contribution in [0.2, 0.25) is 0 Å². The molecule has 1 aromatic rings. The number of rotatable bonds is 2. The van der Waals surface area contributed by atoms with E-state index in [9.17, 15) is 4.79 Å². The summed E-state index contributed by atoms with van der Waals surface area (Å²) in [4.78, 5) is 11.0. The smallest absolute Gasteiger partial charge is 0.327 e. The van der Waals surface area contributed by atoms with Crippen molar-refractivity contribution in [1.29, 1.82) is 0 Å². The van der Waals surface area contributed by atoms with Crippen LogP contribution >= 0.6 is 12.4 Å². The first-order chi connectivity index (χ1) is 6.15. The molecule has 4 heteroatoms. The zero-order valence-corrected chi connectivity index (χ0v) is 9.01. The maximum Gasteiger partial charge on any atom is 0.327 e. The molecule has 0 aliphatic heterocycles. The number of aryl methyl sites for hydroxylation is 1. The topological polar surface area (TPSA) is 52.3 Å². The molecular weight excluding hydrogens is 202 g/mol. The molecule has 78 valence electrons. The fraction of sp³-hybridized carbons (Fsp3) is 0.300. The van der Waals surface area contributed by atoms with E-state index in [1.54, 1.807) is 0 Å². The normalized spacial score (nSPS) is 11.4. The van der Waals surface area contributed by atoms with Gasteiger partial charge in [-0.25, -0.2) is 0 Å². The van der Waals surface area contributed by atoms with Crippen molar-refractivity contribution in [1.82, 2.24) is 0 Å². The summed E-state index contributed by atoms with van der Waals surface area (Å²) in [7, 11) is 1.33. The number of halogens is 1. The third kappa shape index (κ3) is 3.01. The largest absolute Gasteiger partial charge is 0.468 e. The van der Waals surface area contributed by atoms with Gasteiger partial charge in [0.2, 0.25) is 0 Å². The van der Waals surface area contributed by atoms with Gasteiger partial charge in [-0.2, -0.15) is 0 Å². The maximum absolute atomic E-state index is 11.0. The fourth-order valence-electron chi connectivity index (χ4n) is 1.04. The highest BCUT2D eigenvalue weighted by molar-refractivity contribution is 5.85. The molecule has 0 heterocycles. The van der Waals surface area contributed by atoms with E-state index in [4.69, 9.17) is 5.73 Å². The van der Waals surface area contributed by atoms with E-state index in [1.807, 2.05) is 31.2 Å². The summed E-state index contributed by atoms with van der Waals surface area (Å²) in [5.41, 5.74) is 7.54. The van der Waals surface area contributed by atoms with Gasteiger partial charge in [0.05, 0.1) is 7.11 Å².